The van der Waals surface area contributed by atoms with Gasteiger partial charge in [-0.25, -0.2) is 4.98 Å². The van der Waals surface area contributed by atoms with E-state index in [-0.39, 0.29) is 16.8 Å². The maximum Gasteiger partial charge on any atom is 0.433 e. The van der Waals surface area contributed by atoms with Gasteiger partial charge in [-0.05, 0) is 18.2 Å². The van der Waals surface area contributed by atoms with Crippen LogP contribution in [0.1, 0.15) is 11.3 Å². The number of alkyl halides is 6. The molecule has 1 aromatic carbocycles. The lowest BCUT2D eigenvalue weighted by Gasteiger charge is -2.15. The van der Waals surface area contributed by atoms with E-state index in [2.05, 4.69) is 16.9 Å². The van der Waals surface area contributed by atoms with Crippen molar-refractivity contribution in [1.82, 2.24) is 9.55 Å². The van der Waals surface area contributed by atoms with Crippen LogP contribution < -0.4 is 10.9 Å². The molecule has 1 heterocycles. The number of rotatable bonds is 3. The summed E-state index contributed by atoms with van der Waals surface area (Å²) < 4.78 is 77.2. The molecule has 0 atom stereocenters. The maximum atomic E-state index is 12.8. The van der Waals surface area contributed by atoms with Crippen LogP contribution in [0.3, 0.4) is 0 Å². The van der Waals surface area contributed by atoms with E-state index in [1.54, 1.807) is 0 Å². The SMILES string of the molecule is C=Cn1c(Nc2cc(C(F)(F)F)ccc2Cl)nc(C(F)(F)F)cc1=O. The monoisotopic (exact) mass is 383 g/mol. The number of anilines is 2. The number of hydrogen-bond donors (Lipinski definition) is 1. The van der Waals surface area contributed by atoms with Crippen molar-refractivity contribution in [3.63, 3.8) is 0 Å². The molecule has 134 valence electrons. The molecule has 0 bridgehead atoms. The van der Waals surface area contributed by atoms with Crippen LogP contribution in [-0.4, -0.2) is 9.55 Å². The van der Waals surface area contributed by atoms with Crippen molar-refractivity contribution in [3.05, 3.63) is 57.5 Å². The van der Waals surface area contributed by atoms with Gasteiger partial charge in [-0.3, -0.25) is 9.36 Å². The smallest absolute Gasteiger partial charge is 0.324 e. The van der Waals surface area contributed by atoms with E-state index in [4.69, 9.17) is 11.6 Å². The summed E-state index contributed by atoms with van der Waals surface area (Å²) in [4.78, 5) is 15.0. The molecule has 0 saturated carbocycles. The molecule has 0 radical (unpaired) electrons. The molecular formula is C14H8ClF6N3O. The Bertz CT molecular complexity index is 872. The third-order valence-electron chi connectivity index (χ3n) is 2.97. The summed E-state index contributed by atoms with van der Waals surface area (Å²) in [5.41, 5.74) is -4.10. The summed E-state index contributed by atoms with van der Waals surface area (Å²) in [5, 5.41) is 1.99. The predicted molar refractivity (Wildman–Crippen MR) is 79.6 cm³/mol. The highest BCUT2D eigenvalue weighted by molar-refractivity contribution is 6.33. The molecule has 25 heavy (non-hydrogen) atoms. The Balaban J connectivity index is 2.59. The van der Waals surface area contributed by atoms with Gasteiger partial charge in [0.15, 0.2) is 5.69 Å². The van der Waals surface area contributed by atoms with Gasteiger partial charge in [0.25, 0.3) is 5.56 Å². The van der Waals surface area contributed by atoms with Gasteiger partial charge >= 0.3 is 12.4 Å². The Hall–Kier alpha value is -2.49. The zero-order chi connectivity index (χ0) is 19.0. The van der Waals surface area contributed by atoms with Crippen molar-refractivity contribution >= 4 is 29.4 Å². The molecule has 0 spiro atoms. The minimum Gasteiger partial charge on any atom is -0.324 e. The average Bonchev–Trinajstić information content (AvgIpc) is 2.47. The fraction of sp³-hybridized carbons (Fsp3) is 0.143. The van der Waals surface area contributed by atoms with Gasteiger partial charge < -0.3 is 5.32 Å². The molecule has 0 aliphatic heterocycles. The first kappa shape index (κ1) is 18.8. The van der Waals surface area contributed by atoms with Crippen molar-refractivity contribution in [2.24, 2.45) is 0 Å². The minimum absolute atomic E-state index is 0.213. The molecule has 0 amide bonds. The number of hydrogen-bond acceptors (Lipinski definition) is 3. The molecular weight excluding hydrogens is 376 g/mol. The molecule has 4 nitrogen and oxygen atoms in total. The van der Waals surface area contributed by atoms with E-state index in [9.17, 15) is 31.1 Å². The van der Waals surface area contributed by atoms with Crippen molar-refractivity contribution in [2.75, 3.05) is 5.32 Å². The summed E-state index contributed by atoms with van der Waals surface area (Å²) in [6, 6.07) is 2.44. The van der Waals surface area contributed by atoms with Gasteiger partial charge in [-0.1, -0.05) is 18.2 Å². The summed E-state index contributed by atoms with van der Waals surface area (Å²) in [7, 11) is 0. The molecule has 1 aromatic heterocycles. The Labute approximate surface area is 141 Å². The van der Waals surface area contributed by atoms with Crippen LogP contribution in [0.2, 0.25) is 5.02 Å². The second-order valence-corrected chi connectivity index (χ2v) is 5.08. The number of benzene rings is 1. The minimum atomic E-state index is -4.92. The van der Waals surface area contributed by atoms with Gasteiger partial charge in [0.1, 0.15) is 0 Å². The highest BCUT2D eigenvalue weighted by atomic mass is 35.5. The van der Waals surface area contributed by atoms with Gasteiger partial charge in [-0.2, -0.15) is 26.3 Å². The topological polar surface area (TPSA) is 46.9 Å². The Morgan fingerprint density at radius 2 is 1.76 bits per heavy atom. The predicted octanol–water partition coefficient (Wildman–Crippen LogP) is 4.78. The second-order valence-electron chi connectivity index (χ2n) is 4.67. The largest absolute Gasteiger partial charge is 0.433 e. The standard InChI is InChI=1S/C14H8ClF6N3O/c1-2-24-11(25)6-10(14(19,20)21)23-12(24)22-9-5-7(13(16,17)18)3-4-8(9)15/h2-6H,1H2,(H,22,23). The maximum absolute atomic E-state index is 12.8. The van der Waals surface area contributed by atoms with E-state index >= 15 is 0 Å². The van der Waals surface area contributed by atoms with Crippen molar-refractivity contribution in [1.29, 1.82) is 0 Å². The van der Waals surface area contributed by atoms with E-state index in [1.807, 2.05) is 0 Å². The van der Waals surface area contributed by atoms with Crippen LogP contribution in [0.5, 0.6) is 0 Å². The molecule has 0 unspecified atom stereocenters. The second kappa shape index (κ2) is 6.43. The molecule has 0 fully saturated rings. The summed E-state index contributed by atoms with van der Waals surface area (Å²) >= 11 is 5.77. The number of halogens is 7. The number of nitrogens with zero attached hydrogens (tertiary/aromatic N) is 2. The van der Waals surface area contributed by atoms with Crippen LogP contribution >= 0.6 is 11.6 Å². The van der Waals surface area contributed by atoms with Crippen molar-refractivity contribution in [3.8, 4) is 0 Å². The number of nitrogens with one attached hydrogen (secondary N) is 1. The van der Waals surface area contributed by atoms with Crippen LogP contribution in [0.15, 0.2) is 35.6 Å². The van der Waals surface area contributed by atoms with Crippen molar-refractivity contribution in [2.45, 2.75) is 12.4 Å². The molecule has 0 saturated heterocycles. The number of aromatic nitrogens is 2. The van der Waals surface area contributed by atoms with E-state index in [0.29, 0.717) is 16.7 Å². The highest BCUT2D eigenvalue weighted by Gasteiger charge is 2.34. The first-order valence-electron chi connectivity index (χ1n) is 6.40. The van der Waals surface area contributed by atoms with Gasteiger partial charge in [0.05, 0.1) is 16.3 Å². The third kappa shape index (κ3) is 4.13. The van der Waals surface area contributed by atoms with Crippen LogP contribution in [0.25, 0.3) is 6.20 Å². The fourth-order valence-electron chi connectivity index (χ4n) is 1.82. The Kier molecular flexibility index (Phi) is 4.85. The van der Waals surface area contributed by atoms with E-state index in [0.717, 1.165) is 12.3 Å². The molecule has 0 aliphatic carbocycles. The summed E-state index contributed by atoms with van der Waals surface area (Å²) in [5.74, 6) is -0.684. The van der Waals surface area contributed by atoms with Crippen LogP contribution in [-0.2, 0) is 12.4 Å². The van der Waals surface area contributed by atoms with Gasteiger partial charge in [0.2, 0.25) is 5.95 Å². The fourth-order valence-corrected chi connectivity index (χ4v) is 1.98. The molecule has 11 heteroatoms. The van der Waals surface area contributed by atoms with E-state index in [1.165, 1.54) is 0 Å². The summed E-state index contributed by atoms with van der Waals surface area (Å²) in [6.45, 7) is 3.25. The third-order valence-corrected chi connectivity index (χ3v) is 3.29. The molecule has 1 N–H and O–H groups in total. The summed E-state index contributed by atoms with van der Waals surface area (Å²) in [6.07, 6.45) is -8.76. The molecule has 0 aliphatic rings. The zero-order valence-electron chi connectivity index (χ0n) is 12.0. The lowest BCUT2D eigenvalue weighted by Crippen LogP contribution is -2.23. The first-order chi connectivity index (χ1) is 11.4. The molecule has 2 aromatic rings. The average molecular weight is 384 g/mol. The van der Waals surface area contributed by atoms with Gasteiger partial charge in [-0.15, -0.1) is 0 Å². The van der Waals surface area contributed by atoms with E-state index < -0.39 is 35.1 Å². The van der Waals surface area contributed by atoms with Crippen LogP contribution in [0, 0.1) is 0 Å². The Morgan fingerprint density at radius 3 is 2.28 bits per heavy atom. The van der Waals surface area contributed by atoms with Crippen LogP contribution in [0.4, 0.5) is 38.0 Å². The molecule has 2 rings (SSSR count). The quantitative estimate of drug-likeness (QED) is 0.776. The lowest BCUT2D eigenvalue weighted by molar-refractivity contribution is -0.141. The zero-order valence-corrected chi connectivity index (χ0v) is 12.8. The Morgan fingerprint density at radius 1 is 1.12 bits per heavy atom. The lowest BCUT2D eigenvalue weighted by atomic mass is 10.2. The van der Waals surface area contributed by atoms with Crippen molar-refractivity contribution < 1.29 is 26.3 Å². The normalized spacial score (nSPS) is 12.1. The highest BCUT2D eigenvalue weighted by Crippen LogP contribution is 2.35. The first-order valence-corrected chi connectivity index (χ1v) is 6.78. The van der Waals surface area contributed by atoms with Gasteiger partial charge in [0, 0.05) is 12.3 Å².